The third kappa shape index (κ3) is 5.27. The Kier molecular flexibility index (Phi) is 7.26. The summed E-state index contributed by atoms with van der Waals surface area (Å²) >= 11 is 5.87. The van der Waals surface area contributed by atoms with Gasteiger partial charge in [0.2, 0.25) is 5.95 Å². The molecule has 3 aromatic rings. The number of halogens is 4. The lowest BCUT2D eigenvalue weighted by molar-refractivity contribution is -0.0287. The van der Waals surface area contributed by atoms with Gasteiger partial charge < -0.3 is 5.32 Å². The Hall–Kier alpha value is -3.14. The molecule has 11 heteroatoms. The number of hydrogen-bond acceptors (Lipinski definition) is 5. The summed E-state index contributed by atoms with van der Waals surface area (Å²) in [5.74, 6) is -3.65. The van der Waals surface area contributed by atoms with Crippen LogP contribution in [0.3, 0.4) is 0 Å². The van der Waals surface area contributed by atoms with E-state index in [1.807, 2.05) is 0 Å². The maximum absolute atomic E-state index is 13.9. The van der Waals surface area contributed by atoms with Crippen LogP contribution in [-0.2, 0) is 19.0 Å². The van der Waals surface area contributed by atoms with Crippen molar-refractivity contribution < 1.29 is 13.2 Å². The average molecular weight is 482 g/mol. The van der Waals surface area contributed by atoms with Crippen LogP contribution in [0.5, 0.6) is 0 Å². The van der Waals surface area contributed by atoms with Gasteiger partial charge >= 0.3 is 17.3 Å². The van der Waals surface area contributed by atoms with Crippen molar-refractivity contribution in [3.05, 3.63) is 84.9 Å². The molecule has 2 heterocycles. The standard InChI is InChI=1S/C22H23ClF3N5O2/c1-13(2)31-20(32)29-19(30(21(31)33)11-17-8-7-16(23)10-27-17)28-9-15-5-4-6-18(14(15)3)22(25,26)12-24/h4-8,10,13H,9,11-12H2,1-3H3,(H,28,29,32). The Morgan fingerprint density at radius 1 is 1.18 bits per heavy atom. The molecule has 33 heavy (non-hydrogen) atoms. The Bertz CT molecular complexity index is 1260. The van der Waals surface area contributed by atoms with E-state index >= 15 is 0 Å². The van der Waals surface area contributed by atoms with Gasteiger partial charge in [-0.3, -0.25) is 9.55 Å². The van der Waals surface area contributed by atoms with Crippen LogP contribution in [-0.4, -0.2) is 25.8 Å². The molecule has 0 aliphatic rings. The predicted octanol–water partition coefficient (Wildman–Crippen LogP) is 4.06. The zero-order valence-corrected chi connectivity index (χ0v) is 19.0. The van der Waals surface area contributed by atoms with Gasteiger partial charge in [0.05, 0.1) is 17.3 Å². The molecule has 3 rings (SSSR count). The SMILES string of the molecule is Cc1c(CNc2nc(=O)n(C(C)C)c(=O)n2Cc2ccc(Cl)cn2)cccc1C(F)(F)CF. The maximum atomic E-state index is 13.9. The highest BCUT2D eigenvalue weighted by atomic mass is 35.5. The summed E-state index contributed by atoms with van der Waals surface area (Å²) in [6, 6.07) is 6.99. The van der Waals surface area contributed by atoms with Crippen molar-refractivity contribution >= 4 is 17.5 Å². The highest BCUT2D eigenvalue weighted by Crippen LogP contribution is 2.32. The molecular formula is C22H23ClF3N5O2. The smallest absolute Gasteiger partial charge is 0.351 e. The van der Waals surface area contributed by atoms with Crippen LogP contribution in [0.1, 0.15) is 42.3 Å². The third-order valence-corrected chi connectivity index (χ3v) is 5.39. The molecule has 0 aliphatic carbocycles. The first-order valence-corrected chi connectivity index (χ1v) is 10.5. The zero-order valence-electron chi connectivity index (χ0n) is 18.3. The molecule has 0 saturated heterocycles. The van der Waals surface area contributed by atoms with Gasteiger partial charge in [-0.05, 0) is 44.0 Å². The summed E-state index contributed by atoms with van der Waals surface area (Å²) in [6.45, 7) is 2.99. The lowest BCUT2D eigenvalue weighted by Crippen LogP contribution is -2.43. The van der Waals surface area contributed by atoms with E-state index in [9.17, 15) is 22.8 Å². The van der Waals surface area contributed by atoms with Crippen molar-refractivity contribution in [1.82, 2.24) is 19.1 Å². The van der Waals surface area contributed by atoms with Crippen molar-refractivity contribution in [2.45, 2.75) is 45.8 Å². The minimum atomic E-state index is -3.61. The van der Waals surface area contributed by atoms with Crippen LogP contribution in [0.4, 0.5) is 19.1 Å². The molecule has 1 N–H and O–H groups in total. The van der Waals surface area contributed by atoms with E-state index < -0.39 is 35.6 Å². The number of nitrogens with zero attached hydrogens (tertiary/aromatic N) is 4. The quantitative estimate of drug-likeness (QED) is 0.524. The first-order chi connectivity index (χ1) is 15.5. The molecule has 0 spiro atoms. The first kappa shape index (κ1) is 24.5. The van der Waals surface area contributed by atoms with E-state index in [-0.39, 0.29) is 24.6 Å². The average Bonchev–Trinajstić information content (AvgIpc) is 2.76. The van der Waals surface area contributed by atoms with Crippen molar-refractivity contribution in [1.29, 1.82) is 0 Å². The summed E-state index contributed by atoms with van der Waals surface area (Å²) in [6.07, 6.45) is 1.43. The fraction of sp³-hybridized carbons (Fsp3) is 0.364. The Morgan fingerprint density at radius 3 is 2.52 bits per heavy atom. The molecule has 0 aliphatic heterocycles. The number of pyridine rings is 1. The van der Waals surface area contributed by atoms with Gasteiger partial charge in [0.15, 0.2) is 6.67 Å². The van der Waals surface area contributed by atoms with Gasteiger partial charge in [-0.15, -0.1) is 0 Å². The van der Waals surface area contributed by atoms with E-state index in [2.05, 4.69) is 15.3 Å². The van der Waals surface area contributed by atoms with E-state index in [0.717, 1.165) is 4.57 Å². The fourth-order valence-corrected chi connectivity index (χ4v) is 3.52. The molecule has 0 unspecified atom stereocenters. The van der Waals surface area contributed by atoms with Crippen LogP contribution in [0, 0.1) is 6.92 Å². The Morgan fingerprint density at radius 2 is 1.91 bits per heavy atom. The Labute approximate surface area is 192 Å². The van der Waals surface area contributed by atoms with E-state index in [0.29, 0.717) is 16.3 Å². The second kappa shape index (κ2) is 9.78. The van der Waals surface area contributed by atoms with Crippen molar-refractivity contribution in [3.63, 3.8) is 0 Å². The lowest BCUT2D eigenvalue weighted by atomic mass is 9.98. The lowest BCUT2D eigenvalue weighted by Gasteiger charge is -2.19. The summed E-state index contributed by atoms with van der Waals surface area (Å²) < 4.78 is 43.0. The third-order valence-electron chi connectivity index (χ3n) is 5.17. The molecule has 0 bridgehead atoms. The molecule has 176 valence electrons. The van der Waals surface area contributed by atoms with Gasteiger partial charge in [0, 0.05) is 24.3 Å². The fourth-order valence-electron chi connectivity index (χ4n) is 3.41. The molecule has 0 radical (unpaired) electrons. The van der Waals surface area contributed by atoms with Gasteiger partial charge in [-0.1, -0.05) is 29.8 Å². The molecule has 0 atom stereocenters. The van der Waals surface area contributed by atoms with Gasteiger partial charge in [-0.25, -0.2) is 18.5 Å². The first-order valence-electron chi connectivity index (χ1n) is 10.2. The number of benzene rings is 1. The summed E-state index contributed by atoms with van der Waals surface area (Å²) in [5.41, 5.74) is -0.613. The van der Waals surface area contributed by atoms with Crippen molar-refractivity contribution in [2.24, 2.45) is 0 Å². The second-order valence-corrected chi connectivity index (χ2v) is 8.24. The monoisotopic (exact) mass is 481 g/mol. The normalized spacial score (nSPS) is 11.8. The molecule has 7 nitrogen and oxygen atoms in total. The number of aromatic nitrogens is 4. The topological polar surface area (TPSA) is 81.8 Å². The van der Waals surface area contributed by atoms with E-state index in [4.69, 9.17) is 11.6 Å². The maximum Gasteiger partial charge on any atom is 0.355 e. The zero-order chi connectivity index (χ0) is 24.3. The van der Waals surface area contributed by atoms with Gasteiger partial charge in [0.1, 0.15) is 0 Å². The molecule has 0 amide bonds. The second-order valence-electron chi connectivity index (χ2n) is 7.80. The molecular weight excluding hydrogens is 459 g/mol. The van der Waals surface area contributed by atoms with Crippen LogP contribution in [0.25, 0.3) is 0 Å². The van der Waals surface area contributed by atoms with E-state index in [1.165, 1.54) is 29.8 Å². The summed E-state index contributed by atoms with van der Waals surface area (Å²) in [7, 11) is 0. The number of nitrogens with one attached hydrogen (secondary N) is 1. The Balaban J connectivity index is 2.01. The van der Waals surface area contributed by atoms with Crippen LogP contribution >= 0.6 is 11.6 Å². The predicted molar refractivity (Wildman–Crippen MR) is 120 cm³/mol. The largest absolute Gasteiger partial charge is 0.355 e. The molecule has 0 saturated carbocycles. The van der Waals surface area contributed by atoms with Gasteiger partial charge in [-0.2, -0.15) is 13.8 Å². The van der Waals surface area contributed by atoms with Gasteiger partial charge in [0.25, 0.3) is 0 Å². The minimum absolute atomic E-state index is 0.00270. The summed E-state index contributed by atoms with van der Waals surface area (Å²) in [4.78, 5) is 33.7. The number of anilines is 1. The van der Waals surface area contributed by atoms with Crippen molar-refractivity contribution in [3.8, 4) is 0 Å². The summed E-state index contributed by atoms with van der Waals surface area (Å²) in [5, 5.41) is 3.32. The molecule has 1 aromatic carbocycles. The number of alkyl halides is 3. The van der Waals surface area contributed by atoms with E-state index in [1.54, 1.807) is 32.0 Å². The van der Waals surface area contributed by atoms with Crippen LogP contribution < -0.4 is 16.7 Å². The number of hydrogen-bond donors (Lipinski definition) is 1. The molecule has 2 aromatic heterocycles. The van der Waals surface area contributed by atoms with Crippen LogP contribution in [0.2, 0.25) is 5.02 Å². The number of rotatable bonds is 8. The minimum Gasteiger partial charge on any atom is -0.351 e. The highest BCUT2D eigenvalue weighted by molar-refractivity contribution is 6.30. The highest BCUT2D eigenvalue weighted by Gasteiger charge is 2.33. The van der Waals surface area contributed by atoms with Crippen LogP contribution in [0.15, 0.2) is 46.1 Å². The molecule has 0 fully saturated rings. The van der Waals surface area contributed by atoms with Crippen molar-refractivity contribution in [2.75, 3.05) is 12.0 Å².